The number of carbonyl (C=O) groups is 2. The highest BCUT2D eigenvalue weighted by Crippen LogP contribution is 2.30. The molecule has 0 amide bonds. The highest BCUT2D eigenvalue weighted by atomic mass is 16.5. The summed E-state index contributed by atoms with van der Waals surface area (Å²) < 4.78 is 12.1. The summed E-state index contributed by atoms with van der Waals surface area (Å²) in [5.41, 5.74) is 2.85. The van der Waals surface area contributed by atoms with Crippen molar-refractivity contribution < 1.29 is 19.1 Å². The van der Waals surface area contributed by atoms with E-state index in [1.165, 1.54) is 0 Å². The Kier molecular flexibility index (Phi) is 5.07. The number of fused-ring (bicyclic) bond motifs is 1. The zero-order valence-corrected chi connectivity index (χ0v) is 15.1. The molecule has 0 atom stereocenters. The Balaban J connectivity index is 2.18. The molecule has 0 bridgehead atoms. The van der Waals surface area contributed by atoms with Crippen molar-refractivity contribution >= 4 is 22.8 Å². The van der Waals surface area contributed by atoms with Crippen LogP contribution in [0.5, 0.6) is 5.75 Å². The van der Waals surface area contributed by atoms with E-state index >= 15 is 0 Å². The fourth-order valence-corrected chi connectivity index (χ4v) is 3.14. The molecule has 0 aliphatic carbocycles. The lowest BCUT2D eigenvalue weighted by Crippen LogP contribution is -2.14. The van der Waals surface area contributed by atoms with Gasteiger partial charge in [-0.3, -0.25) is 14.2 Å². The lowest BCUT2D eigenvalue weighted by molar-refractivity contribution is -0.142. The Bertz CT molecular complexity index is 957. The summed E-state index contributed by atoms with van der Waals surface area (Å²) in [4.78, 5) is 25.1. The number of hydrogen-bond acceptors (Lipinski definition) is 4. The minimum atomic E-state index is -0.315. The van der Waals surface area contributed by atoms with Crippen molar-refractivity contribution in [3.8, 4) is 5.75 Å². The highest BCUT2D eigenvalue weighted by Gasteiger charge is 2.22. The zero-order chi connectivity index (χ0) is 18.7. The standard InChI is InChI=1S/C21H21NO4/c1-4-26-20(23)13-17-14(2)22(21(24)15-8-6-5-7-9-15)19-11-10-16(25-3)12-18(17)19/h5-12H,4,13H2,1-3H3. The van der Waals surface area contributed by atoms with E-state index < -0.39 is 0 Å². The molecule has 0 saturated heterocycles. The van der Waals surface area contributed by atoms with Gasteiger partial charge in [0, 0.05) is 16.6 Å². The molecule has 5 heteroatoms. The fourth-order valence-electron chi connectivity index (χ4n) is 3.14. The molecule has 1 heterocycles. The third-order valence-corrected chi connectivity index (χ3v) is 4.39. The first-order chi connectivity index (χ1) is 12.6. The van der Waals surface area contributed by atoms with Crippen LogP contribution in [0.1, 0.15) is 28.5 Å². The summed E-state index contributed by atoms with van der Waals surface area (Å²) in [6.45, 7) is 3.95. The predicted octanol–water partition coefficient (Wildman–Crippen LogP) is 3.75. The van der Waals surface area contributed by atoms with Crippen LogP contribution in [0.25, 0.3) is 10.9 Å². The molecule has 3 aromatic rings. The van der Waals surface area contributed by atoms with Gasteiger partial charge in [-0.1, -0.05) is 18.2 Å². The van der Waals surface area contributed by atoms with Crippen LogP contribution >= 0.6 is 0 Å². The van der Waals surface area contributed by atoms with Gasteiger partial charge in [0.25, 0.3) is 5.91 Å². The number of ether oxygens (including phenoxy) is 2. The SMILES string of the molecule is CCOC(=O)Cc1c(C)n(C(=O)c2ccccc2)c2ccc(OC)cc12. The minimum Gasteiger partial charge on any atom is -0.497 e. The van der Waals surface area contributed by atoms with Gasteiger partial charge in [-0.25, -0.2) is 0 Å². The van der Waals surface area contributed by atoms with Crippen LogP contribution in [0.4, 0.5) is 0 Å². The van der Waals surface area contributed by atoms with Crippen molar-refractivity contribution in [2.75, 3.05) is 13.7 Å². The Labute approximate surface area is 152 Å². The van der Waals surface area contributed by atoms with Gasteiger partial charge in [-0.15, -0.1) is 0 Å². The van der Waals surface area contributed by atoms with Crippen LogP contribution in [0, 0.1) is 6.92 Å². The minimum absolute atomic E-state index is 0.110. The topological polar surface area (TPSA) is 57.5 Å². The summed E-state index contributed by atoms with van der Waals surface area (Å²) in [6, 6.07) is 14.6. The summed E-state index contributed by atoms with van der Waals surface area (Å²) in [5, 5.41) is 0.819. The molecule has 26 heavy (non-hydrogen) atoms. The number of methoxy groups -OCH3 is 1. The molecule has 0 unspecified atom stereocenters. The maximum Gasteiger partial charge on any atom is 0.310 e. The summed E-state index contributed by atoms with van der Waals surface area (Å²) in [7, 11) is 1.59. The largest absolute Gasteiger partial charge is 0.497 e. The van der Waals surface area contributed by atoms with Crippen LogP contribution in [-0.2, 0) is 16.0 Å². The molecule has 0 aliphatic heterocycles. The molecule has 0 aliphatic rings. The number of aromatic nitrogens is 1. The molecule has 134 valence electrons. The first kappa shape index (κ1) is 17.7. The van der Waals surface area contributed by atoms with Gasteiger partial charge in [0.15, 0.2) is 0 Å². The van der Waals surface area contributed by atoms with Crippen molar-refractivity contribution in [3.63, 3.8) is 0 Å². The van der Waals surface area contributed by atoms with Gasteiger partial charge in [-0.05, 0) is 49.7 Å². The van der Waals surface area contributed by atoms with Crippen LogP contribution in [0.15, 0.2) is 48.5 Å². The first-order valence-corrected chi connectivity index (χ1v) is 8.50. The quantitative estimate of drug-likeness (QED) is 0.657. The molecule has 0 spiro atoms. The normalized spacial score (nSPS) is 10.7. The highest BCUT2D eigenvalue weighted by molar-refractivity contribution is 6.04. The Hall–Kier alpha value is -3.08. The summed E-state index contributed by atoms with van der Waals surface area (Å²) >= 11 is 0. The second-order valence-electron chi connectivity index (χ2n) is 5.94. The molecule has 3 rings (SSSR count). The van der Waals surface area contributed by atoms with Crippen LogP contribution < -0.4 is 4.74 Å². The average molecular weight is 351 g/mol. The molecule has 0 radical (unpaired) electrons. The number of esters is 1. The monoisotopic (exact) mass is 351 g/mol. The van der Waals surface area contributed by atoms with Crippen molar-refractivity contribution in [1.29, 1.82) is 0 Å². The lowest BCUT2D eigenvalue weighted by Gasteiger charge is -2.08. The van der Waals surface area contributed by atoms with E-state index in [2.05, 4.69) is 0 Å². The van der Waals surface area contributed by atoms with E-state index in [0.29, 0.717) is 17.9 Å². The molecular formula is C21H21NO4. The number of carbonyl (C=O) groups excluding carboxylic acids is 2. The summed E-state index contributed by atoms with van der Waals surface area (Å²) in [6.07, 6.45) is 0.110. The Morgan fingerprint density at radius 2 is 1.81 bits per heavy atom. The van der Waals surface area contributed by atoms with Crippen molar-refractivity contribution in [3.05, 3.63) is 65.4 Å². The molecule has 2 aromatic carbocycles. The van der Waals surface area contributed by atoms with E-state index in [1.54, 1.807) is 30.7 Å². The predicted molar refractivity (Wildman–Crippen MR) is 99.7 cm³/mol. The molecule has 0 fully saturated rings. The Morgan fingerprint density at radius 1 is 1.08 bits per heavy atom. The van der Waals surface area contributed by atoms with Crippen LogP contribution in [0.2, 0.25) is 0 Å². The van der Waals surface area contributed by atoms with Crippen molar-refractivity contribution in [2.45, 2.75) is 20.3 Å². The molecular weight excluding hydrogens is 330 g/mol. The Morgan fingerprint density at radius 3 is 2.46 bits per heavy atom. The number of benzene rings is 2. The third-order valence-electron chi connectivity index (χ3n) is 4.39. The maximum atomic E-state index is 13.1. The molecule has 0 saturated carbocycles. The average Bonchev–Trinajstić information content (AvgIpc) is 2.93. The van der Waals surface area contributed by atoms with E-state index in [9.17, 15) is 9.59 Å². The van der Waals surface area contributed by atoms with Crippen molar-refractivity contribution in [2.24, 2.45) is 0 Å². The second kappa shape index (κ2) is 7.44. The lowest BCUT2D eigenvalue weighted by atomic mass is 10.1. The zero-order valence-electron chi connectivity index (χ0n) is 15.1. The van der Waals surface area contributed by atoms with E-state index in [4.69, 9.17) is 9.47 Å². The van der Waals surface area contributed by atoms with Gasteiger partial charge in [0.1, 0.15) is 5.75 Å². The van der Waals surface area contributed by atoms with E-state index in [1.807, 2.05) is 43.3 Å². The number of nitrogens with zero attached hydrogens (tertiary/aromatic N) is 1. The third kappa shape index (κ3) is 3.20. The molecule has 1 aromatic heterocycles. The van der Waals surface area contributed by atoms with E-state index in [0.717, 1.165) is 22.2 Å². The van der Waals surface area contributed by atoms with Crippen molar-refractivity contribution in [1.82, 2.24) is 4.57 Å². The number of rotatable bonds is 5. The fraction of sp³-hybridized carbons (Fsp3) is 0.238. The second-order valence-corrected chi connectivity index (χ2v) is 5.94. The first-order valence-electron chi connectivity index (χ1n) is 8.50. The summed E-state index contributed by atoms with van der Waals surface area (Å²) in [5.74, 6) is 0.227. The van der Waals surface area contributed by atoms with Crippen LogP contribution in [0.3, 0.4) is 0 Å². The molecule has 0 N–H and O–H groups in total. The van der Waals surface area contributed by atoms with E-state index in [-0.39, 0.29) is 18.3 Å². The van der Waals surface area contributed by atoms with Gasteiger partial charge in [0.05, 0.1) is 25.7 Å². The van der Waals surface area contributed by atoms with Gasteiger partial charge >= 0.3 is 5.97 Å². The smallest absolute Gasteiger partial charge is 0.310 e. The molecule has 5 nitrogen and oxygen atoms in total. The maximum absolute atomic E-state index is 13.1. The van der Waals surface area contributed by atoms with Crippen LogP contribution in [-0.4, -0.2) is 30.2 Å². The van der Waals surface area contributed by atoms with Gasteiger partial charge in [0.2, 0.25) is 0 Å². The number of hydrogen-bond donors (Lipinski definition) is 0. The van der Waals surface area contributed by atoms with Gasteiger partial charge < -0.3 is 9.47 Å². The van der Waals surface area contributed by atoms with Gasteiger partial charge in [-0.2, -0.15) is 0 Å².